The average molecular weight is 252 g/mol. The lowest BCUT2D eigenvalue weighted by atomic mass is 9.77. The van der Waals surface area contributed by atoms with Crippen molar-refractivity contribution < 1.29 is 4.79 Å². The molecule has 0 radical (unpaired) electrons. The summed E-state index contributed by atoms with van der Waals surface area (Å²) in [6, 6.07) is 0. The standard InChI is InChI=1S/C8H13IO/c9-6-8(7-10)4-2-1-3-5-8/h7H,1-6H2. The van der Waals surface area contributed by atoms with Crippen molar-refractivity contribution in [2.75, 3.05) is 4.43 Å². The highest BCUT2D eigenvalue weighted by molar-refractivity contribution is 14.1. The molecule has 0 aromatic carbocycles. The van der Waals surface area contributed by atoms with Gasteiger partial charge in [-0.05, 0) is 12.8 Å². The molecule has 0 unspecified atom stereocenters. The highest BCUT2D eigenvalue weighted by atomic mass is 127. The average Bonchev–Trinajstić information content (AvgIpc) is 2.06. The highest BCUT2D eigenvalue weighted by Gasteiger charge is 2.29. The zero-order chi connectivity index (χ0) is 7.45. The van der Waals surface area contributed by atoms with Gasteiger partial charge < -0.3 is 4.79 Å². The molecular formula is C8H13IO. The molecule has 1 rings (SSSR count). The molecule has 1 nitrogen and oxygen atoms in total. The first-order valence-electron chi connectivity index (χ1n) is 3.85. The van der Waals surface area contributed by atoms with Crippen LogP contribution in [-0.2, 0) is 4.79 Å². The van der Waals surface area contributed by atoms with Crippen LogP contribution in [0.4, 0.5) is 0 Å². The van der Waals surface area contributed by atoms with Gasteiger partial charge in [0.2, 0.25) is 0 Å². The summed E-state index contributed by atoms with van der Waals surface area (Å²) in [5.41, 5.74) is 0.0683. The third kappa shape index (κ3) is 1.71. The van der Waals surface area contributed by atoms with Gasteiger partial charge in [-0.3, -0.25) is 0 Å². The molecule has 0 N–H and O–H groups in total. The fourth-order valence-electron chi connectivity index (χ4n) is 1.54. The van der Waals surface area contributed by atoms with Crippen LogP contribution in [0.25, 0.3) is 0 Å². The van der Waals surface area contributed by atoms with E-state index in [0.717, 1.165) is 17.3 Å². The molecular weight excluding hydrogens is 239 g/mol. The fourth-order valence-corrected chi connectivity index (χ4v) is 2.48. The van der Waals surface area contributed by atoms with Crippen LogP contribution in [0.3, 0.4) is 0 Å². The van der Waals surface area contributed by atoms with Crippen LogP contribution in [0.5, 0.6) is 0 Å². The van der Waals surface area contributed by atoms with E-state index in [1.807, 2.05) is 0 Å². The lowest BCUT2D eigenvalue weighted by Crippen LogP contribution is -2.27. The van der Waals surface area contributed by atoms with Crippen molar-refractivity contribution in [3.63, 3.8) is 0 Å². The molecule has 0 aliphatic heterocycles. The maximum absolute atomic E-state index is 10.7. The smallest absolute Gasteiger partial charge is 0.126 e. The minimum Gasteiger partial charge on any atom is -0.303 e. The first-order chi connectivity index (χ1) is 4.83. The predicted octanol–water partition coefficient (Wildman–Crippen LogP) is 2.57. The Morgan fingerprint density at radius 2 is 1.90 bits per heavy atom. The summed E-state index contributed by atoms with van der Waals surface area (Å²) < 4.78 is 1.01. The Balaban J connectivity index is 2.52. The number of halogens is 1. The Labute approximate surface area is 75.7 Å². The second-order valence-corrected chi connectivity index (χ2v) is 3.94. The van der Waals surface area contributed by atoms with Gasteiger partial charge in [0, 0.05) is 9.84 Å². The van der Waals surface area contributed by atoms with Crippen LogP contribution in [0.15, 0.2) is 0 Å². The van der Waals surface area contributed by atoms with Crippen LogP contribution in [-0.4, -0.2) is 10.7 Å². The molecule has 58 valence electrons. The van der Waals surface area contributed by atoms with Gasteiger partial charge >= 0.3 is 0 Å². The van der Waals surface area contributed by atoms with Gasteiger partial charge in [0.25, 0.3) is 0 Å². The number of rotatable bonds is 2. The number of carbonyl (C=O) groups is 1. The summed E-state index contributed by atoms with van der Waals surface area (Å²) in [5, 5.41) is 0. The van der Waals surface area contributed by atoms with Gasteiger partial charge in [-0.2, -0.15) is 0 Å². The Kier molecular flexibility index (Phi) is 3.14. The topological polar surface area (TPSA) is 17.1 Å². The Bertz CT molecular complexity index is 116. The van der Waals surface area contributed by atoms with E-state index < -0.39 is 0 Å². The van der Waals surface area contributed by atoms with Crippen molar-refractivity contribution in [3.05, 3.63) is 0 Å². The van der Waals surface area contributed by atoms with Gasteiger partial charge in [-0.15, -0.1) is 0 Å². The maximum atomic E-state index is 10.7. The Hall–Kier alpha value is 0.400. The maximum Gasteiger partial charge on any atom is 0.126 e. The molecule has 1 aliphatic rings. The zero-order valence-corrected chi connectivity index (χ0v) is 8.26. The molecule has 1 aliphatic carbocycles. The van der Waals surface area contributed by atoms with Crippen LogP contribution in [0, 0.1) is 5.41 Å². The summed E-state index contributed by atoms with van der Waals surface area (Å²) in [4.78, 5) is 10.7. The Morgan fingerprint density at radius 3 is 2.20 bits per heavy atom. The molecule has 0 bridgehead atoms. The van der Waals surface area contributed by atoms with Gasteiger partial charge in [0.05, 0.1) is 0 Å². The van der Waals surface area contributed by atoms with Crippen molar-refractivity contribution in [1.29, 1.82) is 0 Å². The van der Waals surface area contributed by atoms with Gasteiger partial charge in [0.15, 0.2) is 0 Å². The minimum atomic E-state index is 0.0683. The van der Waals surface area contributed by atoms with E-state index in [0.29, 0.717) is 0 Å². The molecule has 0 saturated heterocycles. The highest BCUT2D eigenvalue weighted by Crippen LogP contribution is 2.35. The molecule has 10 heavy (non-hydrogen) atoms. The normalized spacial score (nSPS) is 24.1. The van der Waals surface area contributed by atoms with E-state index in [2.05, 4.69) is 22.6 Å². The molecule has 0 aromatic rings. The van der Waals surface area contributed by atoms with E-state index in [-0.39, 0.29) is 5.41 Å². The molecule has 1 saturated carbocycles. The van der Waals surface area contributed by atoms with Crippen molar-refractivity contribution in [3.8, 4) is 0 Å². The van der Waals surface area contributed by atoms with E-state index in [1.165, 1.54) is 25.5 Å². The number of hydrogen-bond donors (Lipinski definition) is 0. The quantitative estimate of drug-likeness (QED) is 0.419. The van der Waals surface area contributed by atoms with Crippen molar-refractivity contribution in [1.82, 2.24) is 0 Å². The van der Waals surface area contributed by atoms with E-state index >= 15 is 0 Å². The summed E-state index contributed by atoms with van der Waals surface area (Å²) in [5.74, 6) is 0. The molecule has 0 spiro atoms. The molecule has 0 amide bonds. The van der Waals surface area contributed by atoms with Gasteiger partial charge in [-0.25, -0.2) is 0 Å². The second kappa shape index (κ2) is 3.69. The second-order valence-electron chi connectivity index (χ2n) is 3.17. The van der Waals surface area contributed by atoms with Crippen molar-refractivity contribution >= 4 is 28.9 Å². The van der Waals surface area contributed by atoms with Crippen LogP contribution in [0.2, 0.25) is 0 Å². The minimum absolute atomic E-state index is 0.0683. The molecule has 2 heteroatoms. The monoisotopic (exact) mass is 252 g/mol. The summed E-state index contributed by atoms with van der Waals surface area (Å²) in [6.07, 6.45) is 7.26. The van der Waals surface area contributed by atoms with E-state index in [9.17, 15) is 4.79 Å². The summed E-state index contributed by atoms with van der Waals surface area (Å²) in [6.45, 7) is 0. The summed E-state index contributed by atoms with van der Waals surface area (Å²) in [7, 11) is 0. The number of alkyl halides is 1. The largest absolute Gasteiger partial charge is 0.303 e. The first kappa shape index (κ1) is 8.50. The SMILES string of the molecule is O=CC1(CI)CCCCC1. The molecule has 0 atom stereocenters. The Morgan fingerprint density at radius 1 is 1.30 bits per heavy atom. The predicted molar refractivity (Wildman–Crippen MR) is 50.5 cm³/mol. The summed E-state index contributed by atoms with van der Waals surface area (Å²) >= 11 is 2.33. The third-order valence-corrected chi connectivity index (χ3v) is 3.88. The van der Waals surface area contributed by atoms with Crippen molar-refractivity contribution in [2.24, 2.45) is 5.41 Å². The van der Waals surface area contributed by atoms with Crippen LogP contribution < -0.4 is 0 Å². The first-order valence-corrected chi connectivity index (χ1v) is 5.38. The third-order valence-electron chi connectivity index (χ3n) is 2.37. The van der Waals surface area contributed by atoms with E-state index in [1.54, 1.807) is 0 Å². The molecule has 1 fully saturated rings. The number of carbonyl (C=O) groups excluding carboxylic acids is 1. The van der Waals surface area contributed by atoms with Gasteiger partial charge in [0.1, 0.15) is 6.29 Å². The zero-order valence-electron chi connectivity index (χ0n) is 6.11. The van der Waals surface area contributed by atoms with Crippen molar-refractivity contribution in [2.45, 2.75) is 32.1 Å². The fraction of sp³-hybridized carbons (Fsp3) is 0.875. The molecule has 0 aromatic heterocycles. The molecule has 0 heterocycles. The van der Waals surface area contributed by atoms with E-state index in [4.69, 9.17) is 0 Å². The lowest BCUT2D eigenvalue weighted by molar-refractivity contribution is -0.116. The lowest BCUT2D eigenvalue weighted by Gasteiger charge is -2.29. The van der Waals surface area contributed by atoms with Gasteiger partial charge in [-0.1, -0.05) is 41.9 Å². The number of hydrogen-bond acceptors (Lipinski definition) is 1. The number of aldehydes is 1. The van der Waals surface area contributed by atoms with Crippen LogP contribution in [0.1, 0.15) is 32.1 Å². The van der Waals surface area contributed by atoms with Crippen LogP contribution >= 0.6 is 22.6 Å².